The molecule has 2 N–H and O–H groups in total. The second kappa shape index (κ2) is 6.02. The zero-order valence-electron chi connectivity index (χ0n) is 11.5. The van der Waals surface area contributed by atoms with Crippen LogP contribution in [0.5, 0.6) is 0 Å². The molecule has 5 nitrogen and oxygen atoms in total. The van der Waals surface area contributed by atoms with E-state index in [4.69, 9.17) is 0 Å². The van der Waals surface area contributed by atoms with E-state index in [2.05, 4.69) is 10.0 Å². The standard InChI is InChI=1S/C15H14N2O3S2/c18-14-10-21-15(16-14)11-5-4-6-12(9-11)17-22(19,20)13-7-2-1-3-8-13/h1-9,15,17H,10H2,(H,16,18)/t15-/m0/s1. The molecule has 0 aromatic heterocycles. The Kier molecular flexibility index (Phi) is 4.08. The van der Waals surface area contributed by atoms with Gasteiger partial charge in [0, 0.05) is 5.69 Å². The zero-order valence-corrected chi connectivity index (χ0v) is 13.2. The Morgan fingerprint density at radius 2 is 1.86 bits per heavy atom. The minimum Gasteiger partial charge on any atom is -0.339 e. The number of carbonyl (C=O) groups excluding carboxylic acids is 1. The summed E-state index contributed by atoms with van der Waals surface area (Å²) in [6.45, 7) is 0. The van der Waals surface area contributed by atoms with Crippen LogP contribution in [-0.4, -0.2) is 20.1 Å². The molecule has 1 fully saturated rings. The molecule has 0 spiro atoms. The second-order valence-corrected chi connectivity index (χ2v) is 7.58. The number of rotatable bonds is 4. The van der Waals surface area contributed by atoms with Crippen LogP contribution in [0, 0.1) is 0 Å². The highest BCUT2D eigenvalue weighted by molar-refractivity contribution is 8.00. The van der Waals surface area contributed by atoms with Gasteiger partial charge in [0.05, 0.1) is 10.6 Å². The number of benzene rings is 2. The summed E-state index contributed by atoms with van der Waals surface area (Å²) < 4.78 is 27.2. The number of sulfonamides is 1. The molecule has 1 aliphatic rings. The Labute approximate surface area is 133 Å². The van der Waals surface area contributed by atoms with E-state index in [1.165, 1.54) is 11.8 Å². The summed E-state index contributed by atoms with van der Waals surface area (Å²) in [6.07, 6.45) is 0. The van der Waals surface area contributed by atoms with Gasteiger partial charge in [-0.3, -0.25) is 9.52 Å². The molecule has 0 unspecified atom stereocenters. The first-order chi connectivity index (χ1) is 10.5. The average Bonchev–Trinajstić information content (AvgIpc) is 2.95. The predicted octanol–water partition coefficient (Wildman–Crippen LogP) is 2.35. The summed E-state index contributed by atoms with van der Waals surface area (Å²) in [5.41, 5.74) is 1.34. The third kappa shape index (κ3) is 3.26. The lowest BCUT2D eigenvalue weighted by molar-refractivity contribution is -0.118. The van der Waals surface area contributed by atoms with Crippen molar-refractivity contribution in [3.05, 3.63) is 60.2 Å². The van der Waals surface area contributed by atoms with Gasteiger partial charge < -0.3 is 5.32 Å². The van der Waals surface area contributed by atoms with E-state index in [1.807, 2.05) is 6.07 Å². The maximum absolute atomic E-state index is 12.3. The SMILES string of the molecule is O=C1CS[C@@H](c2cccc(NS(=O)(=O)c3ccccc3)c2)N1. The second-order valence-electron chi connectivity index (χ2n) is 4.80. The summed E-state index contributed by atoms with van der Waals surface area (Å²) in [7, 11) is -3.61. The van der Waals surface area contributed by atoms with Crippen LogP contribution in [0.25, 0.3) is 0 Å². The molecule has 2 aromatic carbocycles. The molecule has 0 aliphatic carbocycles. The number of amides is 1. The van der Waals surface area contributed by atoms with Crippen LogP contribution in [0.2, 0.25) is 0 Å². The van der Waals surface area contributed by atoms with E-state index in [9.17, 15) is 13.2 Å². The van der Waals surface area contributed by atoms with Crippen LogP contribution in [0.4, 0.5) is 5.69 Å². The van der Waals surface area contributed by atoms with Gasteiger partial charge in [-0.25, -0.2) is 8.42 Å². The zero-order chi connectivity index (χ0) is 15.6. The summed E-state index contributed by atoms with van der Waals surface area (Å²) in [6, 6.07) is 15.3. The quantitative estimate of drug-likeness (QED) is 0.900. The van der Waals surface area contributed by atoms with Crippen molar-refractivity contribution in [2.75, 3.05) is 10.5 Å². The van der Waals surface area contributed by atoms with Gasteiger partial charge in [-0.1, -0.05) is 30.3 Å². The van der Waals surface area contributed by atoms with E-state index in [0.717, 1.165) is 5.56 Å². The molecule has 3 rings (SSSR count). The largest absolute Gasteiger partial charge is 0.339 e. The van der Waals surface area contributed by atoms with E-state index >= 15 is 0 Å². The molecular weight excluding hydrogens is 320 g/mol. The molecule has 1 amide bonds. The van der Waals surface area contributed by atoms with Crippen molar-refractivity contribution >= 4 is 33.4 Å². The highest BCUT2D eigenvalue weighted by Crippen LogP contribution is 2.32. The molecule has 2 aromatic rings. The van der Waals surface area contributed by atoms with Gasteiger partial charge in [0.25, 0.3) is 10.0 Å². The first-order valence-corrected chi connectivity index (χ1v) is 9.16. The lowest BCUT2D eigenvalue weighted by Crippen LogP contribution is -2.19. The fourth-order valence-electron chi connectivity index (χ4n) is 2.15. The number of thioether (sulfide) groups is 1. The Balaban J connectivity index is 1.83. The van der Waals surface area contributed by atoms with Crippen molar-refractivity contribution < 1.29 is 13.2 Å². The van der Waals surface area contributed by atoms with Crippen molar-refractivity contribution in [1.29, 1.82) is 0 Å². The van der Waals surface area contributed by atoms with Gasteiger partial charge in [0.1, 0.15) is 5.37 Å². The molecular formula is C15H14N2O3S2. The van der Waals surface area contributed by atoms with Crippen molar-refractivity contribution in [2.45, 2.75) is 10.3 Å². The van der Waals surface area contributed by atoms with E-state index in [1.54, 1.807) is 48.5 Å². The Morgan fingerprint density at radius 3 is 2.55 bits per heavy atom. The predicted molar refractivity (Wildman–Crippen MR) is 87.0 cm³/mol. The smallest absolute Gasteiger partial charge is 0.261 e. The average molecular weight is 334 g/mol. The van der Waals surface area contributed by atoms with E-state index < -0.39 is 10.0 Å². The van der Waals surface area contributed by atoms with Crippen LogP contribution in [0.15, 0.2) is 59.5 Å². The van der Waals surface area contributed by atoms with Crippen molar-refractivity contribution in [2.24, 2.45) is 0 Å². The summed E-state index contributed by atoms with van der Waals surface area (Å²) in [5, 5.41) is 2.71. The summed E-state index contributed by atoms with van der Waals surface area (Å²) >= 11 is 1.49. The molecule has 22 heavy (non-hydrogen) atoms. The Hall–Kier alpha value is -1.99. The fraction of sp³-hybridized carbons (Fsp3) is 0.133. The maximum Gasteiger partial charge on any atom is 0.261 e. The van der Waals surface area contributed by atoms with E-state index in [0.29, 0.717) is 11.4 Å². The van der Waals surface area contributed by atoms with Crippen molar-refractivity contribution in [1.82, 2.24) is 5.32 Å². The number of hydrogen-bond donors (Lipinski definition) is 2. The normalized spacial score (nSPS) is 18.0. The van der Waals surface area contributed by atoms with Crippen LogP contribution in [0.1, 0.15) is 10.9 Å². The number of nitrogens with one attached hydrogen (secondary N) is 2. The molecule has 1 aliphatic heterocycles. The van der Waals surface area contributed by atoms with Gasteiger partial charge in [0.2, 0.25) is 5.91 Å². The summed E-state index contributed by atoms with van der Waals surface area (Å²) in [5.74, 6) is 0.412. The van der Waals surface area contributed by atoms with Crippen LogP contribution in [0.3, 0.4) is 0 Å². The third-order valence-electron chi connectivity index (χ3n) is 3.17. The fourth-order valence-corrected chi connectivity index (χ4v) is 4.17. The van der Waals surface area contributed by atoms with Crippen LogP contribution < -0.4 is 10.0 Å². The molecule has 1 heterocycles. The molecule has 7 heteroatoms. The lowest BCUT2D eigenvalue weighted by Gasteiger charge is -2.13. The third-order valence-corrected chi connectivity index (χ3v) is 5.72. The molecule has 1 atom stereocenters. The van der Waals surface area contributed by atoms with Crippen molar-refractivity contribution in [3.8, 4) is 0 Å². The first kappa shape index (κ1) is 14.9. The van der Waals surface area contributed by atoms with Gasteiger partial charge in [-0.2, -0.15) is 0 Å². The van der Waals surface area contributed by atoms with Gasteiger partial charge in [-0.15, -0.1) is 11.8 Å². The van der Waals surface area contributed by atoms with Crippen molar-refractivity contribution in [3.63, 3.8) is 0 Å². The summed E-state index contributed by atoms with van der Waals surface area (Å²) in [4.78, 5) is 11.5. The number of hydrogen-bond acceptors (Lipinski definition) is 4. The first-order valence-electron chi connectivity index (χ1n) is 6.63. The monoisotopic (exact) mass is 334 g/mol. The highest BCUT2D eigenvalue weighted by atomic mass is 32.2. The van der Waals surface area contributed by atoms with E-state index in [-0.39, 0.29) is 16.2 Å². The number of carbonyl (C=O) groups is 1. The Bertz CT molecular complexity index is 791. The molecule has 0 radical (unpaired) electrons. The lowest BCUT2D eigenvalue weighted by atomic mass is 10.2. The van der Waals surface area contributed by atoms with Crippen LogP contribution >= 0.6 is 11.8 Å². The molecule has 0 bridgehead atoms. The Morgan fingerprint density at radius 1 is 1.09 bits per heavy atom. The molecule has 1 saturated heterocycles. The minimum atomic E-state index is -3.61. The van der Waals surface area contributed by atoms with Gasteiger partial charge in [0.15, 0.2) is 0 Å². The molecule has 0 saturated carbocycles. The highest BCUT2D eigenvalue weighted by Gasteiger charge is 2.23. The topological polar surface area (TPSA) is 75.3 Å². The van der Waals surface area contributed by atoms with Crippen LogP contribution in [-0.2, 0) is 14.8 Å². The minimum absolute atomic E-state index is 0.00901. The maximum atomic E-state index is 12.3. The number of anilines is 1. The van der Waals surface area contributed by atoms with Gasteiger partial charge >= 0.3 is 0 Å². The molecule has 114 valence electrons. The van der Waals surface area contributed by atoms with Gasteiger partial charge in [-0.05, 0) is 29.8 Å².